The van der Waals surface area contributed by atoms with Crippen LogP contribution in [-0.2, 0) is 6.18 Å². The van der Waals surface area contributed by atoms with Gasteiger partial charge >= 0.3 is 12.2 Å². The summed E-state index contributed by atoms with van der Waals surface area (Å²) in [6.45, 7) is 0. The number of rotatable bonds is 3. The number of hydrogen-bond donors (Lipinski definition) is 3. The highest BCUT2D eigenvalue weighted by molar-refractivity contribution is 6.31. The molecule has 4 rings (SSSR count). The first kappa shape index (κ1) is 19.8. The molecule has 0 unspecified atom stereocenters. The van der Waals surface area contributed by atoms with E-state index in [1.165, 1.54) is 30.6 Å². The minimum absolute atomic E-state index is 0.0683. The van der Waals surface area contributed by atoms with Gasteiger partial charge in [-0.3, -0.25) is 0 Å². The fraction of sp³-hybridized carbons (Fsp3) is 0.0526. The quantitative estimate of drug-likeness (QED) is 0.329. The molecule has 6 nitrogen and oxygen atoms in total. The van der Waals surface area contributed by atoms with E-state index in [-0.39, 0.29) is 17.0 Å². The van der Waals surface area contributed by atoms with E-state index >= 15 is 0 Å². The van der Waals surface area contributed by atoms with Crippen LogP contribution in [0.15, 0.2) is 53.3 Å². The van der Waals surface area contributed by atoms with Crippen molar-refractivity contribution in [3.8, 4) is 11.3 Å². The van der Waals surface area contributed by atoms with Crippen molar-refractivity contribution in [3.05, 3.63) is 65.2 Å². The molecule has 0 aliphatic heterocycles. The van der Waals surface area contributed by atoms with Gasteiger partial charge in [0, 0.05) is 23.3 Å². The lowest BCUT2D eigenvalue weighted by atomic mass is 10.1. The summed E-state index contributed by atoms with van der Waals surface area (Å²) in [5.74, 6) is -0.341. The Morgan fingerprint density at radius 1 is 1.13 bits per heavy atom. The number of carbonyl (C=O) groups excluding carboxylic acids is 1. The summed E-state index contributed by atoms with van der Waals surface area (Å²) < 4.78 is 57.7. The number of aromatic nitrogens is 2. The first-order valence-corrected chi connectivity index (χ1v) is 8.77. The number of nitrogens with zero attached hydrogens (tertiary/aromatic N) is 1. The number of halogens is 5. The topological polar surface area (TPSA) is 83.0 Å². The number of hydrogen-bond acceptors (Lipinski definition) is 3. The summed E-state index contributed by atoms with van der Waals surface area (Å²) in [6.07, 6.45) is -1.78. The molecule has 0 atom stereocenters. The second kappa shape index (κ2) is 7.38. The van der Waals surface area contributed by atoms with Crippen LogP contribution in [0.2, 0.25) is 5.02 Å². The molecule has 3 N–H and O–H groups in total. The van der Waals surface area contributed by atoms with E-state index < -0.39 is 28.6 Å². The van der Waals surface area contributed by atoms with Gasteiger partial charge in [-0.1, -0.05) is 16.8 Å². The molecule has 0 fully saturated rings. The van der Waals surface area contributed by atoms with E-state index in [0.717, 1.165) is 18.2 Å². The van der Waals surface area contributed by atoms with Crippen molar-refractivity contribution < 1.29 is 26.9 Å². The van der Waals surface area contributed by atoms with E-state index in [4.69, 9.17) is 16.1 Å². The first-order valence-electron chi connectivity index (χ1n) is 8.39. The van der Waals surface area contributed by atoms with Gasteiger partial charge < -0.3 is 20.1 Å². The number of fused-ring (bicyclic) bond motifs is 1. The van der Waals surface area contributed by atoms with Gasteiger partial charge in [0.2, 0.25) is 0 Å². The van der Waals surface area contributed by atoms with Crippen molar-refractivity contribution in [1.29, 1.82) is 0 Å². The van der Waals surface area contributed by atoms with E-state index in [1.54, 1.807) is 0 Å². The highest BCUT2D eigenvalue weighted by Crippen LogP contribution is 2.36. The lowest BCUT2D eigenvalue weighted by Crippen LogP contribution is -2.19. The lowest BCUT2D eigenvalue weighted by Gasteiger charge is -2.11. The molecule has 0 radical (unpaired) electrons. The molecule has 11 heteroatoms. The Hall–Kier alpha value is -3.53. The average molecular weight is 439 g/mol. The summed E-state index contributed by atoms with van der Waals surface area (Å²) in [5, 5.41) is 8.46. The molecule has 0 aliphatic rings. The van der Waals surface area contributed by atoms with Gasteiger partial charge in [-0.15, -0.1) is 0 Å². The first-order chi connectivity index (χ1) is 14.2. The maximum Gasteiger partial charge on any atom is 0.417 e. The molecular weight excluding hydrogens is 428 g/mol. The molecule has 0 bridgehead atoms. The molecule has 0 saturated heterocycles. The zero-order valence-corrected chi connectivity index (χ0v) is 15.5. The summed E-state index contributed by atoms with van der Waals surface area (Å²) in [5.41, 5.74) is -0.0960. The Morgan fingerprint density at radius 3 is 2.60 bits per heavy atom. The molecule has 2 heterocycles. The van der Waals surface area contributed by atoms with Crippen LogP contribution in [0.4, 0.5) is 33.7 Å². The molecule has 0 saturated carbocycles. The summed E-state index contributed by atoms with van der Waals surface area (Å²) in [4.78, 5) is 15.2. The number of amides is 2. The predicted molar refractivity (Wildman–Crippen MR) is 103 cm³/mol. The third-order valence-corrected chi connectivity index (χ3v) is 4.58. The highest BCUT2D eigenvalue weighted by Gasteiger charge is 2.33. The number of nitrogens with one attached hydrogen (secondary N) is 3. The van der Waals surface area contributed by atoms with E-state index in [0.29, 0.717) is 16.6 Å². The third kappa shape index (κ3) is 3.69. The second-order valence-electron chi connectivity index (χ2n) is 6.20. The summed E-state index contributed by atoms with van der Waals surface area (Å²) in [7, 11) is 0. The molecular formula is C19H11ClF4N4O2. The zero-order chi connectivity index (χ0) is 21.5. The normalized spacial score (nSPS) is 11.6. The molecule has 0 aliphatic carbocycles. The Kier molecular flexibility index (Phi) is 4.86. The smallest absolute Gasteiger partial charge is 0.359 e. The minimum Gasteiger partial charge on any atom is -0.359 e. The Morgan fingerprint density at radius 2 is 1.93 bits per heavy atom. The van der Waals surface area contributed by atoms with Crippen LogP contribution in [-0.4, -0.2) is 16.2 Å². The number of urea groups is 1. The van der Waals surface area contributed by atoms with Crippen molar-refractivity contribution in [2.75, 3.05) is 10.6 Å². The molecule has 2 amide bonds. The van der Waals surface area contributed by atoms with Crippen LogP contribution >= 0.6 is 11.6 Å². The van der Waals surface area contributed by atoms with Gasteiger partial charge in [0.25, 0.3) is 0 Å². The molecule has 2 aromatic heterocycles. The number of H-pyrrole nitrogens is 1. The van der Waals surface area contributed by atoms with Gasteiger partial charge in [-0.2, -0.15) is 13.2 Å². The SMILES string of the molecule is O=C(Nc1ccc(C(F)(F)F)c(Cl)c1)Nc1c[nH]c2c(-c3ccno3)c(F)ccc12. The minimum atomic E-state index is -4.60. The molecule has 154 valence electrons. The number of anilines is 2. The predicted octanol–water partition coefficient (Wildman–Crippen LogP) is 6.28. The van der Waals surface area contributed by atoms with Crippen LogP contribution in [0.25, 0.3) is 22.2 Å². The highest BCUT2D eigenvalue weighted by atomic mass is 35.5. The van der Waals surface area contributed by atoms with Gasteiger partial charge in [0.1, 0.15) is 5.82 Å². The average Bonchev–Trinajstić information content (AvgIpc) is 3.31. The fourth-order valence-electron chi connectivity index (χ4n) is 2.97. The molecule has 2 aromatic carbocycles. The number of alkyl halides is 3. The van der Waals surface area contributed by atoms with E-state index in [9.17, 15) is 22.4 Å². The van der Waals surface area contributed by atoms with Crippen LogP contribution in [0.5, 0.6) is 0 Å². The Labute approximate surface area is 170 Å². The van der Waals surface area contributed by atoms with Crippen LogP contribution in [0.1, 0.15) is 5.56 Å². The maximum atomic E-state index is 14.3. The number of carbonyl (C=O) groups is 1. The van der Waals surface area contributed by atoms with Crippen LogP contribution < -0.4 is 10.6 Å². The van der Waals surface area contributed by atoms with Crippen molar-refractivity contribution >= 4 is 39.9 Å². The van der Waals surface area contributed by atoms with Crippen molar-refractivity contribution in [2.24, 2.45) is 0 Å². The molecule has 4 aromatic rings. The van der Waals surface area contributed by atoms with Crippen molar-refractivity contribution in [3.63, 3.8) is 0 Å². The summed E-state index contributed by atoms with van der Waals surface area (Å²) >= 11 is 5.65. The number of benzene rings is 2. The molecule has 30 heavy (non-hydrogen) atoms. The second-order valence-corrected chi connectivity index (χ2v) is 6.60. The third-order valence-electron chi connectivity index (χ3n) is 4.27. The zero-order valence-electron chi connectivity index (χ0n) is 14.8. The maximum absolute atomic E-state index is 14.3. The largest absolute Gasteiger partial charge is 0.417 e. The van der Waals surface area contributed by atoms with Crippen molar-refractivity contribution in [1.82, 2.24) is 10.1 Å². The van der Waals surface area contributed by atoms with Crippen LogP contribution in [0.3, 0.4) is 0 Å². The van der Waals surface area contributed by atoms with Gasteiger partial charge in [0.15, 0.2) is 5.76 Å². The van der Waals surface area contributed by atoms with E-state index in [1.807, 2.05) is 0 Å². The van der Waals surface area contributed by atoms with E-state index in [2.05, 4.69) is 20.8 Å². The lowest BCUT2D eigenvalue weighted by molar-refractivity contribution is -0.137. The van der Waals surface area contributed by atoms with Gasteiger partial charge in [-0.05, 0) is 30.3 Å². The monoisotopic (exact) mass is 438 g/mol. The van der Waals surface area contributed by atoms with Gasteiger partial charge in [0.05, 0.1) is 33.6 Å². The molecule has 0 spiro atoms. The van der Waals surface area contributed by atoms with Gasteiger partial charge in [-0.25, -0.2) is 9.18 Å². The Bertz CT molecular complexity index is 1240. The fourth-order valence-corrected chi connectivity index (χ4v) is 3.26. The number of aromatic amines is 1. The van der Waals surface area contributed by atoms with Crippen LogP contribution in [0, 0.1) is 5.82 Å². The van der Waals surface area contributed by atoms with Crippen molar-refractivity contribution in [2.45, 2.75) is 6.18 Å². The standard InChI is InChI=1S/C19H11ClF4N4O2/c20-12-7-9(1-3-11(12)19(22,23)24)27-18(29)28-14-8-25-17-10(14)2-4-13(21)16(17)15-5-6-26-30-15/h1-8,25H,(H2,27,28,29). The summed E-state index contributed by atoms with van der Waals surface area (Å²) in [6, 6.07) is 6.30. The Balaban J connectivity index is 1.57.